The molecule has 7 heteroatoms. The van der Waals surface area contributed by atoms with Crippen molar-refractivity contribution in [1.29, 1.82) is 0 Å². The molecule has 0 saturated carbocycles. The van der Waals surface area contributed by atoms with Crippen LogP contribution in [0.4, 0.5) is 11.4 Å². The van der Waals surface area contributed by atoms with E-state index >= 15 is 0 Å². The SMILES string of the molecule is CN1c2ccccc2C(C)(C)C12CC1(Oc3ccccc3NC1=O)C(=O)N2O. The van der Waals surface area contributed by atoms with Gasteiger partial charge in [-0.25, -0.2) is 0 Å². The Morgan fingerprint density at radius 3 is 2.50 bits per heavy atom. The van der Waals surface area contributed by atoms with Crippen LogP contribution >= 0.6 is 0 Å². The van der Waals surface area contributed by atoms with E-state index in [1.165, 1.54) is 0 Å². The third kappa shape index (κ3) is 1.69. The van der Waals surface area contributed by atoms with Crippen molar-refractivity contribution in [3.8, 4) is 5.75 Å². The van der Waals surface area contributed by atoms with Crippen LogP contribution in [0.15, 0.2) is 48.5 Å². The molecule has 2 aromatic rings. The van der Waals surface area contributed by atoms with Gasteiger partial charge in [-0.15, -0.1) is 0 Å². The zero-order chi connectivity index (χ0) is 19.9. The van der Waals surface area contributed by atoms with Crippen LogP contribution in [0.25, 0.3) is 0 Å². The Morgan fingerprint density at radius 2 is 1.75 bits per heavy atom. The summed E-state index contributed by atoms with van der Waals surface area (Å²) in [7, 11) is 1.83. The minimum absolute atomic E-state index is 0.00627. The smallest absolute Gasteiger partial charge is 0.302 e. The fraction of sp³-hybridized carbons (Fsp3) is 0.333. The Balaban J connectivity index is 1.68. The summed E-state index contributed by atoms with van der Waals surface area (Å²) in [5, 5.41) is 14.6. The van der Waals surface area contributed by atoms with Crippen LogP contribution in [0, 0.1) is 0 Å². The normalized spacial score (nSPS) is 29.7. The second kappa shape index (κ2) is 5.05. The maximum absolute atomic E-state index is 13.3. The Labute approximate surface area is 162 Å². The number of hydrogen-bond acceptors (Lipinski definition) is 5. The van der Waals surface area contributed by atoms with Crippen LogP contribution in [-0.4, -0.2) is 40.4 Å². The predicted octanol–water partition coefficient (Wildman–Crippen LogP) is 2.50. The van der Waals surface area contributed by atoms with E-state index < -0.39 is 28.5 Å². The number of nitrogens with one attached hydrogen (secondary N) is 1. The first kappa shape index (κ1) is 17.1. The molecule has 2 N–H and O–H groups in total. The van der Waals surface area contributed by atoms with E-state index in [-0.39, 0.29) is 6.42 Å². The van der Waals surface area contributed by atoms with Crippen molar-refractivity contribution >= 4 is 23.2 Å². The van der Waals surface area contributed by atoms with E-state index in [0.717, 1.165) is 11.3 Å². The number of benzene rings is 2. The van der Waals surface area contributed by atoms with Crippen molar-refractivity contribution in [3.63, 3.8) is 0 Å². The molecule has 0 radical (unpaired) electrons. The van der Waals surface area contributed by atoms with Gasteiger partial charge in [-0.3, -0.25) is 14.8 Å². The van der Waals surface area contributed by atoms with E-state index in [2.05, 4.69) is 5.32 Å². The number of fused-ring (bicyclic) bond motifs is 2. The summed E-state index contributed by atoms with van der Waals surface area (Å²) in [4.78, 5) is 28.2. The Morgan fingerprint density at radius 1 is 1.07 bits per heavy atom. The van der Waals surface area contributed by atoms with Gasteiger partial charge >= 0.3 is 5.91 Å². The van der Waals surface area contributed by atoms with Gasteiger partial charge in [0.05, 0.1) is 12.1 Å². The van der Waals surface area contributed by atoms with Gasteiger partial charge in [0.25, 0.3) is 11.5 Å². The van der Waals surface area contributed by atoms with E-state index in [1.54, 1.807) is 24.3 Å². The number of carbonyl (C=O) groups is 2. The number of rotatable bonds is 0. The third-order valence-electron chi connectivity index (χ3n) is 6.66. The fourth-order valence-electron chi connectivity index (χ4n) is 5.09. The van der Waals surface area contributed by atoms with Gasteiger partial charge in [-0.05, 0) is 23.8 Å². The van der Waals surface area contributed by atoms with Crippen molar-refractivity contribution in [2.45, 2.75) is 36.9 Å². The molecule has 1 fully saturated rings. The molecular formula is C21H21N3O4. The predicted molar refractivity (Wildman–Crippen MR) is 102 cm³/mol. The van der Waals surface area contributed by atoms with Crippen LogP contribution in [0.1, 0.15) is 25.8 Å². The molecule has 3 aliphatic heterocycles. The summed E-state index contributed by atoms with van der Waals surface area (Å²) in [5.41, 5.74) is -1.20. The largest absolute Gasteiger partial charge is 0.465 e. The molecule has 2 amide bonds. The molecule has 2 spiro atoms. The number of amides is 2. The third-order valence-corrected chi connectivity index (χ3v) is 6.66. The summed E-state index contributed by atoms with van der Waals surface area (Å²) in [6, 6.07) is 14.8. The Hall–Kier alpha value is -3.06. The van der Waals surface area contributed by atoms with Gasteiger partial charge in [0.2, 0.25) is 0 Å². The zero-order valence-electron chi connectivity index (χ0n) is 15.9. The van der Waals surface area contributed by atoms with Crippen LogP contribution in [0.2, 0.25) is 0 Å². The van der Waals surface area contributed by atoms with Crippen molar-refractivity contribution in [1.82, 2.24) is 5.06 Å². The number of hydroxylamine groups is 2. The van der Waals surface area contributed by atoms with Crippen molar-refractivity contribution < 1.29 is 19.5 Å². The van der Waals surface area contributed by atoms with Gasteiger partial charge in [-0.2, -0.15) is 5.06 Å². The maximum atomic E-state index is 13.3. The average molecular weight is 379 g/mol. The minimum Gasteiger partial charge on any atom is -0.465 e. The van der Waals surface area contributed by atoms with Gasteiger partial charge < -0.3 is 15.0 Å². The summed E-state index contributed by atoms with van der Waals surface area (Å²) in [6.07, 6.45) is -0.00627. The number of ether oxygens (including phenoxy) is 1. The van der Waals surface area contributed by atoms with E-state index in [4.69, 9.17) is 4.74 Å². The number of anilines is 2. The number of nitrogens with zero attached hydrogens (tertiary/aromatic N) is 2. The highest BCUT2D eigenvalue weighted by Gasteiger charge is 2.74. The standard InChI is InChI=1S/C21H21N3O4/c1-19(2)13-8-4-6-10-15(13)23(3)21(19)12-20(18(26)24(21)27)17(25)22-14-9-5-7-11-16(14)28-20/h4-11,27H,12H2,1-3H3,(H,22,25). The van der Waals surface area contributed by atoms with Gasteiger partial charge in [0, 0.05) is 18.2 Å². The molecular weight excluding hydrogens is 358 g/mol. The lowest BCUT2D eigenvalue weighted by Crippen LogP contribution is -2.62. The molecule has 2 atom stereocenters. The maximum Gasteiger partial charge on any atom is 0.302 e. The van der Waals surface area contributed by atoms with Gasteiger partial charge in [0.1, 0.15) is 5.75 Å². The van der Waals surface area contributed by atoms with Gasteiger partial charge in [0.15, 0.2) is 5.66 Å². The van der Waals surface area contributed by atoms with Crippen molar-refractivity contribution in [2.24, 2.45) is 0 Å². The first-order valence-corrected chi connectivity index (χ1v) is 9.22. The topological polar surface area (TPSA) is 82.1 Å². The van der Waals surface area contributed by atoms with Crippen LogP contribution < -0.4 is 15.0 Å². The molecule has 144 valence electrons. The quantitative estimate of drug-likeness (QED) is 0.543. The lowest BCUT2D eigenvalue weighted by Gasteiger charge is -2.46. The molecule has 28 heavy (non-hydrogen) atoms. The molecule has 0 aliphatic carbocycles. The molecule has 0 bridgehead atoms. The highest BCUT2D eigenvalue weighted by molar-refractivity contribution is 6.17. The molecule has 7 nitrogen and oxygen atoms in total. The molecule has 1 saturated heterocycles. The highest BCUT2D eigenvalue weighted by atomic mass is 16.6. The molecule has 0 aromatic heterocycles. The first-order valence-electron chi connectivity index (χ1n) is 9.22. The van der Waals surface area contributed by atoms with Crippen LogP contribution in [0.3, 0.4) is 0 Å². The lowest BCUT2D eigenvalue weighted by atomic mass is 9.73. The van der Waals surface area contributed by atoms with Crippen molar-refractivity contribution in [2.75, 3.05) is 17.3 Å². The fourth-order valence-corrected chi connectivity index (χ4v) is 5.09. The summed E-state index contributed by atoms with van der Waals surface area (Å²) in [5.74, 6) is -0.906. The molecule has 2 unspecified atom stereocenters. The second-order valence-electron chi connectivity index (χ2n) is 8.19. The van der Waals surface area contributed by atoms with E-state index in [1.807, 2.05) is 50.1 Å². The number of carbonyl (C=O) groups excluding carboxylic acids is 2. The summed E-state index contributed by atoms with van der Waals surface area (Å²) in [6.45, 7) is 3.94. The van der Waals surface area contributed by atoms with Crippen LogP contribution in [0.5, 0.6) is 5.75 Å². The first-order chi connectivity index (χ1) is 13.3. The summed E-state index contributed by atoms with van der Waals surface area (Å²) < 4.78 is 6.01. The monoisotopic (exact) mass is 379 g/mol. The number of likely N-dealkylation sites (N-methyl/N-ethyl adjacent to an activating group) is 1. The van der Waals surface area contributed by atoms with Crippen LogP contribution in [-0.2, 0) is 15.0 Å². The lowest BCUT2D eigenvalue weighted by molar-refractivity contribution is -0.192. The van der Waals surface area contributed by atoms with Gasteiger partial charge in [-0.1, -0.05) is 44.2 Å². The Kier molecular flexibility index (Phi) is 3.08. The van der Waals surface area contributed by atoms with Crippen molar-refractivity contribution in [3.05, 3.63) is 54.1 Å². The number of hydrogen-bond donors (Lipinski definition) is 2. The molecule has 3 aliphatic rings. The number of para-hydroxylation sites is 3. The minimum atomic E-state index is -1.82. The van der Waals surface area contributed by atoms with E-state index in [0.29, 0.717) is 16.5 Å². The molecule has 3 heterocycles. The molecule has 2 aromatic carbocycles. The second-order valence-corrected chi connectivity index (χ2v) is 8.19. The Bertz CT molecular complexity index is 1040. The van der Waals surface area contributed by atoms with E-state index in [9.17, 15) is 14.8 Å². The molecule has 5 rings (SSSR count). The summed E-state index contributed by atoms with van der Waals surface area (Å²) >= 11 is 0. The average Bonchev–Trinajstić information content (AvgIpc) is 3.01. The highest BCUT2D eigenvalue weighted by Crippen LogP contribution is 2.59. The zero-order valence-corrected chi connectivity index (χ0v) is 15.9.